The zero-order valence-corrected chi connectivity index (χ0v) is 12.2. The second kappa shape index (κ2) is 5.74. The second-order valence-electron chi connectivity index (χ2n) is 4.93. The van der Waals surface area contributed by atoms with Crippen LogP contribution in [0.3, 0.4) is 0 Å². The Labute approximate surface area is 116 Å². The quantitative estimate of drug-likeness (QED) is 0.848. The van der Waals surface area contributed by atoms with Crippen molar-refractivity contribution in [1.82, 2.24) is 4.90 Å². The topological polar surface area (TPSA) is 46.3 Å². The fourth-order valence-corrected chi connectivity index (χ4v) is 2.40. The van der Waals surface area contributed by atoms with Gasteiger partial charge in [-0.3, -0.25) is 4.79 Å². The fraction of sp³-hybridized carbons (Fsp3) is 0.500. The zero-order valence-electron chi connectivity index (χ0n) is 10.7. The highest BCUT2D eigenvalue weighted by Gasteiger charge is 2.27. The average Bonchev–Trinajstić information content (AvgIpc) is 3.15. The number of amides is 1. The van der Waals surface area contributed by atoms with Gasteiger partial charge in [-0.15, -0.1) is 0 Å². The first-order valence-electron chi connectivity index (χ1n) is 6.46. The number of rotatable bonds is 5. The Balaban J connectivity index is 2.17. The summed E-state index contributed by atoms with van der Waals surface area (Å²) in [5, 5.41) is 0. The summed E-state index contributed by atoms with van der Waals surface area (Å²) in [6, 6.07) is 5.45. The molecule has 0 unspecified atom stereocenters. The lowest BCUT2D eigenvalue weighted by atomic mass is 10.1. The molecule has 1 saturated carbocycles. The van der Waals surface area contributed by atoms with Crippen LogP contribution in [0.2, 0.25) is 0 Å². The summed E-state index contributed by atoms with van der Waals surface area (Å²) in [7, 11) is 0. The highest BCUT2D eigenvalue weighted by atomic mass is 79.9. The first kappa shape index (κ1) is 13.4. The zero-order chi connectivity index (χ0) is 13.1. The molecule has 0 aliphatic heterocycles. The number of carbonyl (C=O) groups excluding carboxylic acids is 1. The standard InChI is InChI=1S/C14H19BrN2O/c1-2-7-17(9-10-3-4-10)14(18)12-8-11(15)5-6-13(12)16/h5-6,8,10H,2-4,7,9,16H2,1H3. The molecule has 4 heteroatoms. The van der Waals surface area contributed by atoms with Crippen molar-refractivity contribution in [2.24, 2.45) is 5.92 Å². The molecular weight excluding hydrogens is 292 g/mol. The Kier molecular flexibility index (Phi) is 4.27. The van der Waals surface area contributed by atoms with Crippen molar-refractivity contribution < 1.29 is 4.79 Å². The van der Waals surface area contributed by atoms with E-state index in [9.17, 15) is 4.79 Å². The summed E-state index contributed by atoms with van der Waals surface area (Å²) in [4.78, 5) is 14.4. The Bertz CT molecular complexity index is 443. The van der Waals surface area contributed by atoms with Gasteiger partial charge in [0.25, 0.3) is 5.91 Å². The SMILES string of the molecule is CCCN(CC1CC1)C(=O)c1cc(Br)ccc1N. The highest BCUT2D eigenvalue weighted by molar-refractivity contribution is 9.10. The molecule has 1 amide bonds. The summed E-state index contributed by atoms with van der Waals surface area (Å²) in [5.74, 6) is 0.761. The lowest BCUT2D eigenvalue weighted by Crippen LogP contribution is -2.34. The van der Waals surface area contributed by atoms with Gasteiger partial charge < -0.3 is 10.6 Å². The summed E-state index contributed by atoms with van der Waals surface area (Å²) in [6.45, 7) is 3.78. The van der Waals surface area contributed by atoms with Crippen molar-refractivity contribution >= 4 is 27.5 Å². The molecule has 0 heterocycles. The van der Waals surface area contributed by atoms with E-state index in [1.165, 1.54) is 12.8 Å². The molecule has 0 atom stereocenters. The number of nitrogens with two attached hydrogens (primary N) is 1. The molecule has 2 rings (SSSR count). The van der Waals surface area contributed by atoms with Crippen LogP contribution in [-0.4, -0.2) is 23.9 Å². The summed E-state index contributed by atoms with van der Waals surface area (Å²) < 4.78 is 0.892. The van der Waals surface area contributed by atoms with Crippen LogP contribution in [0.15, 0.2) is 22.7 Å². The predicted molar refractivity (Wildman–Crippen MR) is 77.5 cm³/mol. The maximum atomic E-state index is 12.5. The van der Waals surface area contributed by atoms with Crippen LogP contribution < -0.4 is 5.73 Å². The van der Waals surface area contributed by atoms with Crippen LogP contribution in [0.1, 0.15) is 36.5 Å². The molecule has 0 radical (unpaired) electrons. The van der Waals surface area contributed by atoms with Gasteiger partial charge in [0, 0.05) is 23.2 Å². The van der Waals surface area contributed by atoms with E-state index in [0.717, 1.165) is 24.0 Å². The van der Waals surface area contributed by atoms with Crippen LogP contribution in [0.25, 0.3) is 0 Å². The molecule has 0 bridgehead atoms. The van der Waals surface area contributed by atoms with E-state index in [2.05, 4.69) is 22.9 Å². The number of halogens is 1. The van der Waals surface area contributed by atoms with E-state index in [1.807, 2.05) is 17.0 Å². The lowest BCUT2D eigenvalue weighted by Gasteiger charge is -2.23. The van der Waals surface area contributed by atoms with Crippen molar-refractivity contribution in [3.8, 4) is 0 Å². The van der Waals surface area contributed by atoms with Gasteiger partial charge >= 0.3 is 0 Å². The van der Waals surface area contributed by atoms with Crippen molar-refractivity contribution in [3.63, 3.8) is 0 Å². The average molecular weight is 311 g/mol. The van der Waals surface area contributed by atoms with Crippen molar-refractivity contribution in [2.75, 3.05) is 18.8 Å². The van der Waals surface area contributed by atoms with Crippen LogP contribution >= 0.6 is 15.9 Å². The van der Waals surface area contributed by atoms with Gasteiger partial charge in [-0.25, -0.2) is 0 Å². The monoisotopic (exact) mass is 310 g/mol. The predicted octanol–water partition coefficient (Wildman–Crippen LogP) is 3.29. The Morgan fingerprint density at radius 1 is 1.50 bits per heavy atom. The molecule has 1 aliphatic rings. The van der Waals surface area contributed by atoms with Crippen molar-refractivity contribution in [2.45, 2.75) is 26.2 Å². The number of carbonyl (C=O) groups is 1. The van der Waals surface area contributed by atoms with E-state index in [4.69, 9.17) is 5.73 Å². The molecule has 18 heavy (non-hydrogen) atoms. The van der Waals surface area contributed by atoms with E-state index in [1.54, 1.807) is 6.07 Å². The van der Waals surface area contributed by atoms with Crippen molar-refractivity contribution in [3.05, 3.63) is 28.2 Å². The van der Waals surface area contributed by atoms with Gasteiger partial charge in [0.2, 0.25) is 0 Å². The molecule has 0 aromatic heterocycles. The Morgan fingerprint density at radius 3 is 2.83 bits per heavy atom. The maximum Gasteiger partial charge on any atom is 0.255 e. The molecular formula is C14H19BrN2O. The van der Waals surface area contributed by atoms with Gasteiger partial charge in [0.15, 0.2) is 0 Å². The minimum atomic E-state index is 0.0579. The lowest BCUT2D eigenvalue weighted by molar-refractivity contribution is 0.0748. The number of anilines is 1. The highest BCUT2D eigenvalue weighted by Crippen LogP contribution is 2.30. The molecule has 98 valence electrons. The number of nitrogens with zero attached hydrogens (tertiary/aromatic N) is 1. The maximum absolute atomic E-state index is 12.5. The fourth-order valence-electron chi connectivity index (χ4n) is 2.04. The summed E-state index contributed by atoms with van der Waals surface area (Å²) in [6.07, 6.45) is 3.48. The van der Waals surface area contributed by atoms with Crippen LogP contribution in [0, 0.1) is 5.92 Å². The van der Waals surface area contributed by atoms with Gasteiger partial charge in [0.1, 0.15) is 0 Å². The van der Waals surface area contributed by atoms with Gasteiger partial charge in [-0.2, -0.15) is 0 Å². The van der Waals surface area contributed by atoms with Gasteiger partial charge in [0.05, 0.1) is 5.56 Å². The minimum absolute atomic E-state index is 0.0579. The Hall–Kier alpha value is -1.03. The smallest absolute Gasteiger partial charge is 0.255 e. The third-order valence-corrected chi connectivity index (χ3v) is 3.70. The number of hydrogen-bond acceptors (Lipinski definition) is 2. The Morgan fingerprint density at radius 2 is 2.22 bits per heavy atom. The molecule has 1 aliphatic carbocycles. The van der Waals surface area contributed by atoms with Crippen LogP contribution in [0.4, 0.5) is 5.69 Å². The van der Waals surface area contributed by atoms with Crippen molar-refractivity contribution in [1.29, 1.82) is 0 Å². The third-order valence-electron chi connectivity index (χ3n) is 3.20. The van der Waals surface area contributed by atoms with E-state index in [-0.39, 0.29) is 5.91 Å². The minimum Gasteiger partial charge on any atom is -0.398 e. The second-order valence-corrected chi connectivity index (χ2v) is 5.84. The van der Waals surface area contributed by atoms with Gasteiger partial charge in [-0.05, 0) is 43.4 Å². The molecule has 2 N–H and O–H groups in total. The molecule has 0 saturated heterocycles. The molecule has 1 aromatic carbocycles. The first-order valence-corrected chi connectivity index (χ1v) is 7.25. The largest absolute Gasteiger partial charge is 0.398 e. The van der Waals surface area contributed by atoms with E-state index in [0.29, 0.717) is 17.2 Å². The number of benzene rings is 1. The normalized spacial score (nSPS) is 14.6. The van der Waals surface area contributed by atoms with E-state index < -0.39 is 0 Å². The van der Waals surface area contributed by atoms with Gasteiger partial charge in [-0.1, -0.05) is 22.9 Å². The molecule has 3 nitrogen and oxygen atoms in total. The summed E-state index contributed by atoms with van der Waals surface area (Å²) in [5.41, 5.74) is 7.07. The molecule has 1 fully saturated rings. The number of nitrogen functional groups attached to an aromatic ring is 1. The molecule has 1 aromatic rings. The van der Waals surface area contributed by atoms with E-state index >= 15 is 0 Å². The molecule has 0 spiro atoms. The summed E-state index contributed by atoms with van der Waals surface area (Å²) >= 11 is 3.39. The first-order chi connectivity index (χ1) is 8.61. The van der Waals surface area contributed by atoms with Crippen LogP contribution in [0.5, 0.6) is 0 Å². The number of hydrogen-bond donors (Lipinski definition) is 1. The van der Waals surface area contributed by atoms with Crippen LogP contribution in [-0.2, 0) is 0 Å². The third kappa shape index (κ3) is 3.25.